The van der Waals surface area contributed by atoms with Crippen LogP contribution in [0.4, 0.5) is 24.5 Å². The van der Waals surface area contributed by atoms with E-state index >= 15 is 0 Å². The average molecular weight is 326 g/mol. The SMILES string of the molecule is COc1cccc(NC(=S)Nc2ccccc2C(F)(F)F)c1. The summed E-state index contributed by atoms with van der Waals surface area (Å²) in [6.45, 7) is 0. The lowest BCUT2D eigenvalue weighted by Crippen LogP contribution is -2.21. The first-order chi connectivity index (χ1) is 10.4. The van der Waals surface area contributed by atoms with Crippen LogP contribution in [0.5, 0.6) is 5.75 Å². The molecular formula is C15H13F3N2OS. The number of nitrogens with one attached hydrogen (secondary N) is 2. The van der Waals surface area contributed by atoms with E-state index in [0.29, 0.717) is 11.4 Å². The summed E-state index contributed by atoms with van der Waals surface area (Å²) in [5.74, 6) is 0.614. The highest BCUT2D eigenvalue weighted by molar-refractivity contribution is 7.80. The van der Waals surface area contributed by atoms with Crippen molar-refractivity contribution in [2.75, 3.05) is 17.7 Å². The molecule has 2 N–H and O–H groups in total. The summed E-state index contributed by atoms with van der Waals surface area (Å²) in [4.78, 5) is 0. The van der Waals surface area contributed by atoms with Crippen LogP contribution in [-0.4, -0.2) is 12.2 Å². The van der Waals surface area contributed by atoms with Crippen LogP contribution in [0.25, 0.3) is 0 Å². The van der Waals surface area contributed by atoms with Gasteiger partial charge in [-0.3, -0.25) is 0 Å². The maximum Gasteiger partial charge on any atom is 0.418 e. The molecule has 0 aliphatic carbocycles. The summed E-state index contributed by atoms with van der Waals surface area (Å²) < 4.78 is 43.8. The van der Waals surface area contributed by atoms with Gasteiger partial charge in [0.2, 0.25) is 0 Å². The predicted molar refractivity (Wildman–Crippen MR) is 84.3 cm³/mol. The maximum absolute atomic E-state index is 12.9. The molecule has 116 valence electrons. The second kappa shape index (κ2) is 6.65. The summed E-state index contributed by atoms with van der Waals surface area (Å²) in [6, 6.07) is 12.1. The molecule has 0 spiro atoms. The molecule has 0 aliphatic rings. The molecule has 3 nitrogen and oxygen atoms in total. The third-order valence-electron chi connectivity index (χ3n) is 2.81. The predicted octanol–water partition coefficient (Wildman–Crippen LogP) is 4.52. The van der Waals surface area contributed by atoms with E-state index in [1.807, 2.05) is 0 Å². The minimum Gasteiger partial charge on any atom is -0.497 e. The van der Waals surface area contributed by atoms with E-state index in [1.54, 1.807) is 24.3 Å². The average Bonchev–Trinajstić information content (AvgIpc) is 2.46. The van der Waals surface area contributed by atoms with E-state index in [0.717, 1.165) is 6.07 Å². The molecule has 0 aliphatic heterocycles. The number of ether oxygens (including phenoxy) is 1. The van der Waals surface area contributed by atoms with Crippen LogP contribution in [0, 0.1) is 0 Å². The number of hydrogen-bond donors (Lipinski definition) is 2. The van der Waals surface area contributed by atoms with Crippen molar-refractivity contribution < 1.29 is 17.9 Å². The zero-order chi connectivity index (χ0) is 16.2. The minimum absolute atomic E-state index is 0.0601. The standard InChI is InChI=1S/C15H13F3N2OS/c1-21-11-6-4-5-10(9-11)19-14(22)20-13-8-3-2-7-12(13)15(16,17)18/h2-9H,1H3,(H2,19,20,22). The largest absolute Gasteiger partial charge is 0.497 e. The normalized spacial score (nSPS) is 10.9. The van der Waals surface area contributed by atoms with Crippen molar-refractivity contribution in [1.29, 1.82) is 0 Å². The Morgan fingerprint density at radius 2 is 1.77 bits per heavy atom. The van der Waals surface area contributed by atoms with E-state index in [4.69, 9.17) is 17.0 Å². The van der Waals surface area contributed by atoms with Crippen molar-refractivity contribution in [3.8, 4) is 5.75 Å². The Kier molecular flexibility index (Phi) is 4.87. The fourth-order valence-corrected chi connectivity index (χ4v) is 2.05. The van der Waals surface area contributed by atoms with Gasteiger partial charge in [-0.25, -0.2) is 0 Å². The molecule has 0 bridgehead atoms. The highest BCUT2D eigenvalue weighted by atomic mass is 32.1. The number of rotatable bonds is 3. The van der Waals surface area contributed by atoms with E-state index in [9.17, 15) is 13.2 Å². The molecule has 0 saturated heterocycles. The third kappa shape index (κ3) is 4.11. The van der Waals surface area contributed by atoms with Gasteiger partial charge >= 0.3 is 6.18 Å². The van der Waals surface area contributed by atoms with Crippen molar-refractivity contribution in [2.24, 2.45) is 0 Å². The lowest BCUT2D eigenvalue weighted by molar-refractivity contribution is -0.136. The monoisotopic (exact) mass is 326 g/mol. The number of para-hydroxylation sites is 1. The van der Waals surface area contributed by atoms with Gasteiger partial charge in [-0.15, -0.1) is 0 Å². The van der Waals surface area contributed by atoms with Crippen molar-refractivity contribution >= 4 is 28.7 Å². The molecule has 0 fully saturated rings. The van der Waals surface area contributed by atoms with E-state index < -0.39 is 11.7 Å². The van der Waals surface area contributed by atoms with Gasteiger partial charge in [-0.2, -0.15) is 13.2 Å². The topological polar surface area (TPSA) is 33.3 Å². The fourth-order valence-electron chi connectivity index (χ4n) is 1.82. The molecule has 22 heavy (non-hydrogen) atoms. The Morgan fingerprint density at radius 3 is 2.45 bits per heavy atom. The van der Waals surface area contributed by atoms with Crippen LogP contribution in [0.3, 0.4) is 0 Å². The molecule has 2 rings (SSSR count). The van der Waals surface area contributed by atoms with Gasteiger partial charge in [-0.05, 0) is 36.5 Å². The number of alkyl halides is 3. The minimum atomic E-state index is -4.45. The number of hydrogen-bond acceptors (Lipinski definition) is 2. The van der Waals surface area contributed by atoms with Crippen molar-refractivity contribution in [1.82, 2.24) is 0 Å². The Labute approximate surface area is 131 Å². The highest BCUT2D eigenvalue weighted by Gasteiger charge is 2.33. The first-order valence-corrected chi connectivity index (χ1v) is 6.69. The van der Waals surface area contributed by atoms with Crippen LogP contribution >= 0.6 is 12.2 Å². The quantitative estimate of drug-likeness (QED) is 0.812. The third-order valence-corrected chi connectivity index (χ3v) is 3.01. The van der Waals surface area contributed by atoms with Gasteiger partial charge in [0.15, 0.2) is 5.11 Å². The Morgan fingerprint density at radius 1 is 1.05 bits per heavy atom. The second-order valence-corrected chi connectivity index (χ2v) is 4.76. The summed E-state index contributed by atoms with van der Waals surface area (Å²) in [5, 5.41) is 5.44. The molecule has 7 heteroatoms. The number of halogens is 3. The van der Waals surface area contributed by atoms with E-state index in [2.05, 4.69) is 10.6 Å². The first kappa shape index (κ1) is 16.1. The van der Waals surface area contributed by atoms with E-state index in [-0.39, 0.29) is 10.8 Å². The molecule has 0 atom stereocenters. The summed E-state index contributed by atoms with van der Waals surface area (Å²) in [5.41, 5.74) is -0.262. The summed E-state index contributed by atoms with van der Waals surface area (Å²) in [7, 11) is 1.52. The molecular weight excluding hydrogens is 313 g/mol. The van der Waals surface area contributed by atoms with Crippen molar-refractivity contribution in [3.05, 3.63) is 54.1 Å². The Bertz CT molecular complexity index is 674. The van der Waals surface area contributed by atoms with Gasteiger partial charge in [0.25, 0.3) is 0 Å². The Hall–Kier alpha value is -2.28. The number of anilines is 2. The zero-order valence-corrected chi connectivity index (χ0v) is 12.4. The molecule has 0 aromatic heterocycles. The van der Waals surface area contributed by atoms with Crippen LogP contribution in [0.2, 0.25) is 0 Å². The molecule has 0 heterocycles. The van der Waals surface area contributed by atoms with Gasteiger partial charge < -0.3 is 15.4 Å². The van der Waals surface area contributed by atoms with Gasteiger partial charge in [-0.1, -0.05) is 18.2 Å². The summed E-state index contributed by atoms with van der Waals surface area (Å²) in [6.07, 6.45) is -4.45. The van der Waals surface area contributed by atoms with Gasteiger partial charge in [0, 0.05) is 11.8 Å². The first-order valence-electron chi connectivity index (χ1n) is 6.28. The molecule has 0 unspecified atom stereocenters. The number of benzene rings is 2. The van der Waals surface area contributed by atoms with Gasteiger partial charge in [0.05, 0.1) is 18.4 Å². The Balaban J connectivity index is 2.13. The lowest BCUT2D eigenvalue weighted by Gasteiger charge is -2.16. The zero-order valence-electron chi connectivity index (χ0n) is 11.6. The fraction of sp³-hybridized carbons (Fsp3) is 0.133. The second-order valence-electron chi connectivity index (χ2n) is 4.35. The van der Waals surface area contributed by atoms with Crippen molar-refractivity contribution in [3.63, 3.8) is 0 Å². The molecule has 2 aromatic rings. The van der Waals surface area contributed by atoms with Crippen LogP contribution in [0.1, 0.15) is 5.56 Å². The van der Waals surface area contributed by atoms with Crippen LogP contribution in [0.15, 0.2) is 48.5 Å². The van der Waals surface area contributed by atoms with Gasteiger partial charge in [0.1, 0.15) is 5.75 Å². The number of thiocarbonyl (C=S) groups is 1. The highest BCUT2D eigenvalue weighted by Crippen LogP contribution is 2.34. The molecule has 0 radical (unpaired) electrons. The lowest BCUT2D eigenvalue weighted by atomic mass is 10.1. The van der Waals surface area contributed by atoms with Crippen LogP contribution in [-0.2, 0) is 6.18 Å². The maximum atomic E-state index is 12.9. The smallest absolute Gasteiger partial charge is 0.418 e. The number of methoxy groups -OCH3 is 1. The molecule has 0 amide bonds. The van der Waals surface area contributed by atoms with E-state index in [1.165, 1.54) is 25.3 Å². The van der Waals surface area contributed by atoms with Crippen LogP contribution < -0.4 is 15.4 Å². The van der Waals surface area contributed by atoms with Crippen molar-refractivity contribution in [2.45, 2.75) is 6.18 Å². The summed E-state index contributed by atoms with van der Waals surface area (Å²) >= 11 is 5.05. The molecule has 0 saturated carbocycles. The molecule has 2 aromatic carbocycles.